The zero-order valence-electron chi connectivity index (χ0n) is 12.2. The fraction of sp³-hybridized carbons (Fsp3) is 0.923. The molecule has 1 rings (SSSR count). The van der Waals surface area contributed by atoms with Crippen molar-refractivity contribution in [3.8, 4) is 0 Å². The van der Waals surface area contributed by atoms with Crippen LogP contribution < -0.4 is 0 Å². The molecule has 1 fully saturated rings. The van der Waals surface area contributed by atoms with Crippen molar-refractivity contribution in [1.82, 2.24) is 4.90 Å². The molecule has 1 heterocycles. The highest BCUT2D eigenvalue weighted by Crippen LogP contribution is 2.27. The predicted molar refractivity (Wildman–Crippen MR) is 70.4 cm³/mol. The van der Waals surface area contributed by atoms with Gasteiger partial charge in [-0.1, -0.05) is 13.8 Å². The summed E-state index contributed by atoms with van der Waals surface area (Å²) in [5.74, 6) is 0. The SMILES string of the molecule is CC.CC(C)(C)OC(=O)N1CC(O)(CCCO)C1. The summed E-state index contributed by atoms with van der Waals surface area (Å²) in [6.45, 7) is 10.1. The Morgan fingerprint density at radius 3 is 2.22 bits per heavy atom. The lowest BCUT2D eigenvalue weighted by molar-refractivity contribution is -0.104. The van der Waals surface area contributed by atoms with Crippen LogP contribution >= 0.6 is 0 Å². The average Bonchev–Trinajstić information content (AvgIpc) is 2.23. The van der Waals surface area contributed by atoms with Gasteiger partial charge in [0, 0.05) is 6.61 Å². The van der Waals surface area contributed by atoms with Crippen molar-refractivity contribution in [2.24, 2.45) is 0 Å². The van der Waals surface area contributed by atoms with Crippen LogP contribution in [0.4, 0.5) is 4.79 Å². The number of hydrogen-bond acceptors (Lipinski definition) is 4. The number of amides is 1. The number of hydrogen-bond donors (Lipinski definition) is 2. The lowest BCUT2D eigenvalue weighted by atomic mass is 9.89. The molecular formula is C13H27NO4. The van der Waals surface area contributed by atoms with E-state index in [0.717, 1.165) is 0 Å². The summed E-state index contributed by atoms with van der Waals surface area (Å²) in [5, 5.41) is 18.6. The van der Waals surface area contributed by atoms with E-state index in [2.05, 4.69) is 0 Å². The second-order valence-corrected chi connectivity index (χ2v) is 5.39. The lowest BCUT2D eigenvalue weighted by Gasteiger charge is -2.46. The zero-order chi connectivity index (χ0) is 14.4. The van der Waals surface area contributed by atoms with Crippen LogP contribution in [0.5, 0.6) is 0 Å². The summed E-state index contributed by atoms with van der Waals surface area (Å²) in [5.41, 5.74) is -1.34. The summed E-state index contributed by atoms with van der Waals surface area (Å²) in [7, 11) is 0. The predicted octanol–water partition coefficient (Wildman–Crippen LogP) is 1.77. The molecule has 0 aliphatic carbocycles. The molecule has 2 N–H and O–H groups in total. The third-order valence-corrected chi connectivity index (χ3v) is 2.42. The smallest absolute Gasteiger partial charge is 0.410 e. The van der Waals surface area contributed by atoms with E-state index in [9.17, 15) is 9.90 Å². The molecular weight excluding hydrogens is 234 g/mol. The van der Waals surface area contributed by atoms with E-state index in [1.54, 1.807) is 0 Å². The maximum absolute atomic E-state index is 11.5. The van der Waals surface area contributed by atoms with Gasteiger partial charge in [-0.15, -0.1) is 0 Å². The number of β-amino-alcohol motifs (C(OH)–C–C–N with tert-alkyl or cyclic N) is 1. The first-order chi connectivity index (χ1) is 8.26. The van der Waals surface area contributed by atoms with Crippen molar-refractivity contribution in [2.45, 2.75) is 58.7 Å². The number of nitrogens with zero attached hydrogens (tertiary/aromatic N) is 1. The maximum Gasteiger partial charge on any atom is 0.410 e. The van der Waals surface area contributed by atoms with Gasteiger partial charge in [0.25, 0.3) is 0 Å². The van der Waals surface area contributed by atoms with Crippen molar-refractivity contribution in [2.75, 3.05) is 19.7 Å². The molecule has 1 saturated heterocycles. The van der Waals surface area contributed by atoms with E-state index in [-0.39, 0.29) is 12.7 Å². The van der Waals surface area contributed by atoms with Gasteiger partial charge in [-0.25, -0.2) is 4.79 Å². The van der Waals surface area contributed by atoms with Gasteiger partial charge < -0.3 is 19.8 Å². The van der Waals surface area contributed by atoms with Gasteiger partial charge in [0.15, 0.2) is 0 Å². The van der Waals surface area contributed by atoms with E-state index >= 15 is 0 Å². The molecule has 0 aromatic heterocycles. The number of aliphatic hydroxyl groups is 2. The molecule has 108 valence electrons. The molecule has 0 aromatic rings. The molecule has 0 atom stereocenters. The Morgan fingerprint density at radius 1 is 1.33 bits per heavy atom. The van der Waals surface area contributed by atoms with Crippen LogP contribution in [-0.2, 0) is 4.74 Å². The second-order valence-electron chi connectivity index (χ2n) is 5.39. The molecule has 1 aliphatic rings. The van der Waals surface area contributed by atoms with Crippen LogP contribution in [0.2, 0.25) is 0 Å². The van der Waals surface area contributed by atoms with Gasteiger partial charge >= 0.3 is 6.09 Å². The number of carbonyl (C=O) groups is 1. The van der Waals surface area contributed by atoms with Crippen molar-refractivity contribution in [3.05, 3.63) is 0 Å². The molecule has 0 radical (unpaired) electrons. The highest BCUT2D eigenvalue weighted by Gasteiger charge is 2.44. The summed E-state index contributed by atoms with van der Waals surface area (Å²) >= 11 is 0. The Labute approximate surface area is 110 Å². The van der Waals surface area contributed by atoms with Gasteiger partial charge in [-0.2, -0.15) is 0 Å². The van der Waals surface area contributed by atoms with Gasteiger partial charge in [-0.05, 0) is 33.6 Å². The highest BCUT2D eigenvalue weighted by molar-refractivity contribution is 5.69. The molecule has 5 nitrogen and oxygen atoms in total. The number of rotatable bonds is 3. The largest absolute Gasteiger partial charge is 0.444 e. The molecule has 1 amide bonds. The Morgan fingerprint density at radius 2 is 1.83 bits per heavy atom. The summed E-state index contributed by atoms with van der Waals surface area (Å²) in [6, 6.07) is 0. The topological polar surface area (TPSA) is 70.0 Å². The van der Waals surface area contributed by atoms with Gasteiger partial charge in [0.2, 0.25) is 0 Å². The van der Waals surface area contributed by atoms with Crippen LogP contribution in [0.25, 0.3) is 0 Å². The van der Waals surface area contributed by atoms with Crippen molar-refractivity contribution >= 4 is 6.09 Å². The van der Waals surface area contributed by atoms with Crippen LogP contribution in [0.1, 0.15) is 47.5 Å². The Hall–Kier alpha value is -0.810. The van der Waals surface area contributed by atoms with Crippen LogP contribution in [0, 0.1) is 0 Å². The van der Waals surface area contributed by atoms with E-state index in [4.69, 9.17) is 9.84 Å². The quantitative estimate of drug-likeness (QED) is 0.812. The van der Waals surface area contributed by atoms with Crippen LogP contribution in [-0.4, -0.2) is 52.1 Å². The minimum absolute atomic E-state index is 0.0642. The minimum atomic E-state index is -0.834. The molecule has 0 spiro atoms. The molecule has 0 unspecified atom stereocenters. The van der Waals surface area contributed by atoms with E-state index in [1.807, 2.05) is 34.6 Å². The molecule has 0 saturated carbocycles. The highest BCUT2D eigenvalue weighted by atomic mass is 16.6. The fourth-order valence-electron chi connectivity index (χ4n) is 1.69. The van der Waals surface area contributed by atoms with E-state index in [0.29, 0.717) is 25.9 Å². The molecule has 0 aromatic carbocycles. The summed E-state index contributed by atoms with van der Waals surface area (Å²) < 4.78 is 5.17. The lowest BCUT2D eigenvalue weighted by Crippen LogP contribution is -2.64. The first-order valence-corrected chi connectivity index (χ1v) is 6.57. The molecule has 1 aliphatic heterocycles. The maximum atomic E-state index is 11.5. The fourth-order valence-corrected chi connectivity index (χ4v) is 1.69. The molecule has 0 bridgehead atoms. The van der Waals surface area contributed by atoms with E-state index in [1.165, 1.54) is 4.90 Å². The molecule has 18 heavy (non-hydrogen) atoms. The third-order valence-electron chi connectivity index (χ3n) is 2.42. The van der Waals surface area contributed by atoms with E-state index < -0.39 is 11.2 Å². The average molecular weight is 261 g/mol. The summed E-state index contributed by atoms with van der Waals surface area (Å²) in [6.07, 6.45) is 0.683. The number of aliphatic hydroxyl groups excluding tert-OH is 1. The third kappa shape index (κ3) is 5.69. The standard InChI is InChI=1S/C11H21NO4.C2H6/c1-10(2,3)16-9(14)12-7-11(15,8-12)5-4-6-13;1-2/h13,15H,4-8H2,1-3H3;1-2H3. The van der Waals surface area contributed by atoms with Crippen molar-refractivity contribution in [3.63, 3.8) is 0 Å². The number of likely N-dealkylation sites (tertiary alicyclic amines) is 1. The number of ether oxygens (including phenoxy) is 1. The normalized spacial score (nSPS) is 17.4. The van der Waals surface area contributed by atoms with Crippen LogP contribution in [0.15, 0.2) is 0 Å². The zero-order valence-corrected chi connectivity index (χ0v) is 12.2. The van der Waals surface area contributed by atoms with Gasteiger partial charge in [0.1, 0.15) is 11.2 Å². The number of carbonyl (C=O) groups excluding carboxylic acids is 1. The monoisotopic (exact) mass is 261 g/mol. The van der Waals surface area contributed by atoms with Gasteiger partial charge in [-0.3, -0.25) is 0 Å². The Balaban J connectivity index is 0.00000137. The van der Waals surface area contributed by atoms with Crippen molar-refractivity contribution in [1.29, 1.82) is 0 Å². The molecule has 5 heteroatoms. The van der Waals surface area contributed by atoms with Crippen LogP contribution in [0.3, 0.4) is 0 Å². The Kier molecular flexibility index (Phi) is 6.63. The second kappa shape index (κ2) is 6.95. The Bertz CT molecular complexity index is 254. The summed E-state index contributed by atoms with van der Waals surface area (Å²) in [4.78, 5) is 13.0. The first kappa shape index (κ1) is 17.2. The first-order valence-electron chi connectivity index (χ1n) is 6.57. The van der Waals surface area contributed by atoms with Crippen molar-refractivity contribution < 1.29 is 19.7 Å². The minimum Gasteiger partial charge on any atom is -0.444 e. The van der Waals surface area contributed by atoms with Gasteiger partial charge in [0.05, 0.1) is 13.1 Å².